The van der Waals surface area contributed by atoms with Crippen molar-refractivity contribution < 1.29 is 14.6 Å². The summed E-state index contributed by atoms with van der Waals surface area (Å²) in [5, 5.41) is 10.4. The van der Waals surface area contributed by atoms with Crippen LogP contribution in [0.25, 0.3) is 0 Å². The fourth-order valence-electron chi connectivity index (χ4n) is 6.37. The number of benzene rings is 1. The van der Waals surface area contributed by atoms with Gasteiger partial charge in [-0.2, -0.15) is 0 Å². The van der Waals surface area contributed by atoms with Crippen molar-refractivity contribution in [3.63, 3.8) is 0 Å². The highest BCUT2D eigenvalue weighted by Crippen LogP contribution is 2.54. The SMILES string of the molecule is CN1C2CCC3CC(OC(=O)C(CO)(CC(C)(C)C)c4ccccc4)CC1C32. The molecular formula is C24H35NO3. The van der Waals surface area contributed by atoms with Crippen LogP contribution >= 0.6 is 0 Å². The molecule has 4 rings (SSSR count). The molecule has 2 aliphatic carbocycles. The Hall–Kier alpha value is -1.39. The van der Waals surface area contributed by atoms with Gasteiger partial charge >= 0.3 is 5.97 Å². The maximum absolute atomic E-state index is 13.5. The summed E-state index contributed by atoms with van der Waals surface area (Å²) < 4.78 is 6.17. The number of aliphatic hydroxyl groups excluding tert-OH is 1. The molecule has 6 unspecified atom stereocenters. The number of carbonyl (C=O) groups is 1. The van der Waals surface area contributed by atoms with E-state index < -0.39 is 5.41 Å². The number of ether oxygens (including phenoxy) is 1. The Kier molecular flexibility index (Phi) is 5.08. The molecule has 0 aromatic heterocycles. The minimum absolute atomic E-state index is 0.0325. The van der Waals surface area contributed by atoms with Crippen LogP contribution in [0.1, 0.15) is 58.4 Å². The van der Waals surface area contributed by atoms with E-state index in [1.807, 2.05) is 30.3 Å². The van der Waals surface area contributed by atoms with Gasteiger partial charge in [0.25, 0.3) is 0 Å². The monoisotopic (exact) mass is 385 g/mol. The van der Waals surface area contributed by atoms with Crippen molar-refractivity contribution >= 4 is 5.97 Å². The number of aliphatic hydroxyl groups is 1. The Morgan fingerprint density at radius 3 is 2.50 bits per heavy atom. The topological polar surface area (TPSA) is 49.8 Å². The lowest BCUT2D eigenvalue weighted by Crippen LogP contribution is -2.64. The van der Waals surface area contributed by atoms with E-state index in [1.54, 1.807) is 0 Å². The van der Waals surface area contributed by atoms with Crippen molar-refractivity contribution in [2.24, 2.45) is 17.3 Å². The van der Waals surface area contributed by atoms with Crippen LogP contribution in [0.2, 0.25) is 0 Å². The van der Waals surface area contributed by atoms with E-state index in [0.717, 1.165) is 30.4 Å². The lowest BCUT2D eigenvalue weighted by atomic mass is 9.68. The van der Waals surface area contributed by atoms with E-state index in [0.29, 0.717) is 18.4 Å². The van der Waals surface area contributed by atoms with Crippen molar-refractivity contribution in [2.45, 2.75) is 76.5 Å². The standard InChI is InChI=1S/C24H35NO3/c1-23(2,3)14-24(15-26,17-8-6-5-7-9-17)22(27)28-18-12-16-10-11-19-21(16)20(13-18)25(19)4/h5-9,16,18-21,26H,10-15H2,1-4H3. The predicted octanol–water partition coefficient (Wildman–Crippen LogP) is 3.77. The maximum atomic E-state index is 13.5. The molecule has 6 atom stereocenters. The number of nitrogens with zero attached hydrogens (tertiary/aromatic N) is 1. The number of likely N-dealkylation sites (tertiary alicyclic amines) is 1. The van der Waals surface area contributed by atoms with Gasteiger partial charge < -0.3 is 9.84 Å². The van der Waals surface area contributed by atoms with Gasteiger partial charge in [-0.3, -0.25) is 9.69 Å². The first-order valence-corrected chi connectivity index (χ1v) is 10.8. The summed E-state index contributed by atoms with van der Waals surface area (Å²) in [4.78, 5) is 16.0. The molecule has 3 fully saturated rings. The summed E-state index contributed by atoms with van der Waals surface area (Å²) in [6.45, 7) is 6.11. The second-order valence-electron chi connectivity index (χ2n) is 10.6. The van der Waals surface area contributed by atoms with Crippen LogP contribution in [0.3, 0.4) is 0 Å². The van der Waals surface area contributed by atoms with Gasteiger partial charge in [-0.1, -0.05) is 51.1 Å². The molecule has 154 valence electrons. The first-order valence-electron chi connectivity index (χ1n) is 10.8. The summed E-state index contributed by atoms with van der Waals surface area (Å²) >= 11 is 0. The lowest BCUT2D eigenvalue weighted by Gasteiger charge is -2.56. The third-order valence-corrected chi connectivity index (χ3v) is 7.48. The molecule has 1 saturated heterocycles. The first-order chi connectivity index (χ1) is 13.2. The van der Waals surface area contributed by atoms with Crippen LogP contribution in [-0.4, -0.2) is 47.8 Å². The highest BCUT2D eigenvalue weighted by Gasteiger charge is 2.57. The van der Waals surface area contributed by atoms with Gasteiger partial charge in [0.2, 0.25) is 0 Å². The van der Waals surface area contributed by atoms with Crippen LogP contribution in [0.15, 0.2) is 30.3 Å². The molecule has 0 radical (unpaired) electrons. The van der Waals surface area contributed by atoms with Crippen LogP contribution in [0.4, 0.5) is 0 Å². The number of carbonyl (C=O) groups excluding carboxylic acids is 1. The van der Waals surface area contributed by atoms with E-state index in [9.17, 15) is 9.90 Å². The fourth-order valence-corrected chi connectivity index (χ4v) is 6.37. The molecule has 0 spiro atoms. The van der Waals surface area contributed by atoms with E-state index in [2.05, 4.69) is 32.7 Å². The maximum Gasteiger partial charge on any atom is 0.319 e. The Morgan fingerprint density at radius 1 is 1.14 bits per heavy atom. The Bertz CT molecular complexity index is 712. The van der Waals surface area contributed by atoms with Crippen molar-refractivity contribution in [1.29, 1.82) is 0 Å². The van der Waals surface area contributed by atoms with Crippen LogP contribution in [-0.2, 0) is 14.9 Å². The molecule has 3 aliphatic rings. The first kappa shape index (κ1) is 19.9. The molecule has 1 aliphatic heterocycles. The fraction of sp³-hybridized carbons (Fsp3) is 0.708. The molecule has 1 heterocycles. The molecule has 1 N–H and O–H groups in total. The Morgan fingerprint density at radius 2 is 1.86 bits per heavy atom. The summed E-state index contributed by atoms with van der Waals surface area (Å²) in [5.74, 6) is 1.25. The molecule has 2 saturated carbocycles. The summed E-state index contributed by atoms with van der Waals surface area (Å²) in [7, 11) is 2.22. The minimum atomic E-state index is -1.000. The predicted molar refractivity (Wildman–Crippen MR) is 110 cm³/mol. The van der Waals surface area contributed by atoms with E-state index in [-0.39, 0.29) is 24.1 Å². The molecule has 1 aromatic rings. The molecule has 0 bridgehead atoms. The zero-order chi connectivity index (χ0) is 20.1. The normalized spacial score (nSPS) is 34.2. The number of hydrogen-bond acceptors (Lipinski definition) is 4. The third-order valence-electron chi connectivity index (χ3n) is 7.48. The quantitative estimate of drug-likeness (QED) is 0.784. The van der Waals surface area contributed by atoms with Crippen LogP contribution in [0.5, 0.6) is 0 Å². The van der Waals surface area contributed by atoms with E-state index in [1.165, 1.54) is 12.8 Å². The van der Waals surface area contributed by atoms with Gasteiger partial charge in [0, 0.05) is 18.5 Å². The average Bonchev–Trinajstić information content (AvgIpc) is 3.07. The number of esters is 1. The Balaban J connectivity index is 1.56. The summed E-state index contributed by atoms with van der Waals surface area (Å²) in [6, 6.07) is 11.0. The van der Waals surface area contributed by atoms with Gasteiger partial charge in [0.1, 0.15) is 11.5 Å². The zero-order valence-electron chi connectivity index (χ0n) is 17.7. The highest BCUT2D eigenvalue weighted by molar-refractivity contribution is 5.83. The zero-order valence-corrected chi connectivity index (χ0v) is 17.7. The van der Waals surface area contributed by atoms with E-state index in [4.69, 9.17) is 4.74 Å². The van der Waals surface area contributed by atoms with Crippen molar-refractivity contribution in [3.8, 4) is 0 Å². The molecular weight excluding hydrogens is 350 g/mol. The van der Waals surface area contributed by atoms with Gasteiger partial charge in [0.05, 0.1) is 6.61 Å². The van der Waals surface area contributed by atoms with E-state index >= 15 is 0 Å². The molecule has 4 nitrogen and oxygen atoms in total. The summed E-state index contributed by atoms with van der Waals surface area (Å²) in [5.41, 5.74) is -0.254. The lowest BCUT2D eigenvalue weighted by molar-refractivity contribution is -0.169. The smallest absolute Gasteiger partial charge is 0.319 e. The van der Waals surface area contributed by atoms with Crippen molar-refractivity contribution in [3.05, 3.63) is 35.9 Å². The molecule has 0 amide bonds. The van der Waals surface area contributed by atoms with Crippen LogP contribution in [0, 0.1) is 17.3 Å². The number of rotatable bonds is 5. The van der Waals surface area contributed by atoms with Gasteiger partial charge in [-0.15, -0.1) is 0 Å². The van der Waals surface area contributed by atoms with Gasteiger partial charge in [-0.05, 0) is 55.5 Å². The van der Waals surface area contributed by atoms with Crippen molar-refractivity contribution in [1.82, 2.24) is 4.90 Å². The average molecular weight is 386 g/mol. The van der Waals surface area contributed by atoms with Crippen LogP contribution < -0.4 is 0 Å². The highest BCUT2D eigenvalue weighted by atomic mass is 16.5. The molecule has 1 aromatic carbocycles. The Labute approximate surface area is 169 Å². The minimum Gasteiger partial charge on any atom is -0.462 e. The van der Waals surface area contributed by atoms with Crippen molar-refractivity contribution in [2.75, 3.05) is 13.7 Å². The molecule has 4 heteroatoms. The largest absolute Gasteiger partial charge is 0.462 e. The van der Waals surface area contributed by atoms with Gasteiger partial charge in [-0.25, -0.2) is 0 Å². The second-order valence-corrected chi connectivity index (χ2v) is 10.6. The second kappa shape index (κ2) is 7.14. The molecule has 28 heavy (non-hydrogen) atoms. The third kappa shape index (κ3) is 3.29. The number of hydrogen-bond donors (Lipinski definition) is 1. The van der Waals surface area contributed by atoms with Gasteiger partial charge in [0.15, 0.2) is 0 Å². The summed E-state index contributed by atoms with van der Waals surface area (Å²) in [6.07, 6.45) is 5.00.